The second-order valence-electron chi connectivity index (χ2n) is 4.64. The molecular formula is C10H20N2O2S. The van der Waals surface area contributed by atoms with Crippen molar-refractivity contribution in [3.05, 3.63) is 0 Å². The van der Waals surface area contributed by atoms with Crippen LogP contribution >= 0.6 is 0 Å². The van der Waals surface area contributed by atoms with E-state index in [1.165, 1.54) is 12.8 Å². The highest BCUT2D eigenvalue weighted by Crippen LogP contribution is 2.14. The molecule has 0 aliphatic carbocycles. The van der Waals surface area contributed by atoms with Crippen LogP contribution in [0.3, 0.4) is 0 Å². The highest BCUT2D eigenvalue weighted by molar-refractivity contribution is 7.91. The minimum Gasteiger partial charge on any atom is -0.315 e. The van der Waals surface area contributed by atoms with Gasteiger partial charge in [0, 0.05) is 18.6 Å². The second kappa shape index (κ2) is 4.80. The molecule has 5 heteroatoms. The third-order valence-corrected chi connectivity index (χ3v) is 5.04. The van der Waals surface area contributed by atoms with Crippen LogP contribution in [-0.2, 0) is 9.84 Å². The zero-order valence-corrected chi connectivity index (χ0v) is 9.85. The molecule has 2 N–H and O–H groups in total. The number of hydrogen-bond donors (Lipinski definition) is 2. The predicted molar refractivity (Wildman–Crippen MR) is 60.7 cm³/mol. The normalized spacial score (nSPS) is 32.7. The van der Waals surface area contributed by atoms with Gasteiger partial charge in [-0.25, -0.2) is 8.42 Å². The fourth-order valence-corrected chi connectivity index (χ4v) is 3.88. The summed E-state index contributed by atoms with van der Waals surface area (Å²) >= 11 is 0. The molecule has 2 saturated heterocycles. The Hall–Kier alpha value is -0.130. The Morgan fingerprint density at radius 3 is 2.40 bits per heavy atom. The van der Waals surface area contributed by atoms with Crippen LogP contribution in [0.15, 0.2) is 0 Å². The zero-order chi connectivity index (χ0) is 10.7. The van der Waals surface area contributed by atoms with Gasteiger partial charge in [0.05, 0.1) is 11.5 Å². The summed E-state index contributed by atoms with van der Waals surface area (Å²) in [5.41, 5.74) is 0. The molecule has 0 aromatic rings. The van der Waals surface area contributed by atoms with E-state index < -0.39 is 9.84 Å². The van der Waals surface area contributed by atoms with Crippen LogP contribution in [0.5, 0.6) is 0 Å². The van der Waals surface area contributed by atoms with Crippen LogP contribution in [0.1, 0.15) is 25.7 Å². The van der Waals surface area contributed by atoms with Crippen LogP contribution in [-0.4, -0.2) is 45.1 Å². The third-order valence-electron chi connectivity index (χ3n) is 3.32. The van der Waals surface area contributed by atoms with Gasteiger partial charge < -0.3 is 10.6 Å². The molecule has 0 bridgehead atoms. The summed E-state index contributed by atoms with van der Waals surface area (Å²) in [7, 11) is -2.71. The number of rotatable bonds is 2. The smallest absolute Gasteiger partial charge is 0.150 e. The lowest BCUT2D eigenvalue weighted by atomic mass is 10.0. The first kappa shape index (κ1) is 11.4. The average molecular weight is 232 g/mol. The first-order valence-electron chi connectivity index (χ1n) is 5.83. The van der Waals surface area contributed by atoms with Crippen LogP contribution in [0.2, 0.25) is 0 Å². The van der Waals surface area contributed by atoms with Crippen molar-refractivity contribution in [2.75, 3.05) is 24.6 Å². The first-order valence-corrected chi connectivity index (χ1v) is 7.65. The lowest BCUT2D eigenvalue weighted by Crippen LogP contribution is -2.49. The molecular weight excluding hydrogens is 212 g/mol. The van der Waals surface area contributed by atoms with Crippen molar-refractivity contribution in [3.8, 4) is 0 Å². The van der Waals surface area contributed by atoms with E-state index in [1.807, 2.05) is 0 Å². The summed E-state index contributed by atoms with van der Waals surface area (Å²) in [5, 5.41) is 6.93. The van der Waals surface area contributed by atoms with E-state index in [2.05, 4.69) is 10.6 Å². The van der Waals surface area contributed by atoms with Crippen molar-refractivity contribution in [1.82, 2.24) is 10.6 Å². The van der Waals surface area contributed by atoms with E-state index in [4.69, 9.17) is 0 Å². The minimum absolute atomic E-state index is 0.366. The van der Waals surface area contributed by atoms with Gasteiger partial charge in [0.2, 0.25) is 0 Å². The van der Waals surface area contributed by atoms with Crippen molar-refractivity contribution in [3.63, 3.8) is 0 Å². The fourth-order valence-electron chi connectivity index (χ4n) is 2.38. The van der Waals surface area contributed by atoms with Gasteiger partial charge in [0.15, 0.2) is 0 Å². The molecule has 0 amide bonds. The van der Waals surface area contributed by atoms with E-state index in [0.717, 1.165) is 25.9 Å². The van der Waals surface area contributed by atoms with Gasteiger partial charge in [0.25, 0.3) is 0 Å². The molecule has 2 aliphatic rings. The maximum absolute atomic E-state index is 11.2. The number of piperidine rings is 1. The Morgan fingerprint density at radius 1 is 1.07 bits per heavy atom. The Kier molecular flexibility index (Phi) is 3.64. The molecule has 15 heavy (non-hydrogen) atoms. The summed E-state index contributed by atoms with van der Waals surface area (Å²) in [6.07, 6.45) is 4.02. The molecule has 1 atom stereocenters. The first-order chi connectivity index (χ1) is 7.16. The molecule has 0 aromatic carbocycles. The molecule has 0 radical (unpaired) electrons. The molecule has 0 saturated carbocycles. The predicted octanol–water partition coefficient (Wildman–Crippen LogP) is -0.0948. The molecule has 4 nitrogen and oxygen atoms in total. The number of nitrogens with one attached hydrogen (secondary N) is 2. The second-order valence-corrected chi connectivity index (χ2v) is 6.94. The van der Waals surface area contributed by atoms with Crippen molar-refractivity contribution in [1.29, 1.82) is 0 Å². The average Bonchev–Trinajstić information content (AvgIpc) is 2.23. The van der Waals surface area contributed by atoms with E-state index in [1.54, 1.807) is 0 Å². The molecule has 2 rings (SSSR count). The van der Waals surface area contributed by atoms with Gasteiger partial charge in [-0.15, -0.1) is 0 Å². The highest BCUT2D eigenvalue weighted by Gasteiger charge is 2.25. The largest absolute Gasteiger partial charge is 0.315 e. The fraction of sp³-hybridized carbons (Fsp3) is 1.00. The monoisotopic (exact) mass is 232 g/mol. The molecule has 2 aliphatic heterocycles. The summed E-state index contributed by atoms with van der Waals surface area (Å²) in [6.45, 7) is 2.15. The standard InChI is InChI=1S/C10H20N2O2S/c13-15(14)6-3-9(4-7-15)12-10-2-1-5-11-8-10/h9-12H,1-8H2. The quantitative estimate of drug-likeness (QED) is 0.698. The van der Waals surface area contributed by atoms with Crippen LogP contribution < -0.4 is 10.6 Å². The van der Waals surface area contributed by atoms with Gasteiger partial charge in [0.1, 0.15) is 9.84 Å². The topological polar surface area (TPSA) is 58.2 Å². The third kappa shape index (κ3) is 3.43. The Labute approximate surface area is 91.7 Å². The maximum atomic E-state index is 11.2. The molecule has 2 heterocycles. The zero-order valence-electron chi connectivity index (χ0n) is 9.04. The van der Waals surface area contributed by atoms with Crippen LogP contribution in [0.4, 0.5) is 0 Å². The van der Waals surface area contributed by atoms with E-state index in [-0.39, 0.29) is 0 Å². The Bertz CT molecular complexity index is 283. The Morgan fingerprint density at radius 2 is 1.80 bits per heavy atom. The molecule has 1 unspecified atom stereocenters. The number of sulfone groups is 1. The Balaban J connectivity index is 1.76. The van der Waals surface area contributed by atoms with Crippen LogP contribution in [0.25, 0.3) is 0 Å². The molecule has 2 fully saturated rings. The molecule has 88 valence electrons. The highest BCUT2D eigenvalue weighted by atomic mass is 32.2. The van der Waals surface area contributed by atoms with E-state index in [9.17, 15) is 8.42 Å². The molecule has 0 spiro atoms. The van der Waals surface area contributed by atoms with E-state index in [0.29, 0.717) is 23.6 Å². The summed E-state index contributed by atoms with van der Waals surface area (Å²) in [6, 6.07) is 0.961. The lowest BCUT2D eigenvalue weighted by Gasteiger charge is -2.31. The molecule has 0 aromatic heterocycles. The van der Waals surface area contributed by atoms with Gasteiger partial charge in [-0.05, 0) is 32.2 Å². The summed E-state index contributed by atoms with van der Waals surface area (Å²) in [5.74, 6) is 0.732. The van der Waals surface area contributed by atoms with Crippen molar-refractivity contribution >= 4 is 9.84 Å². The minimum atomic E-state index is -2.71. The van der Waals surface area contributed by atoms with Gasteiger partial charge in [-0.2, -0.15) is 0 Å². The van der Waals surface area contributed by atoms with E-state index >= 15 is 0 Å². The van der Waals surface area contributed by atoms with Gasteiger partial charge in [-0.1, -0.05) is 0 Å². The summed E-state index contributed by atoms with van der Waals surface area (Å²) < 4.78 is 22.5. The maximum Gasteiger partial charge on any atom is 0.150 e. The van der Waals surface area contributed by atoms with Gasteiger partial charge >= 0.3 is 0 Å². The van der Waals surface area contributed by atoms with Crippen LogP contribution in [0, 0.1) is 0 Å². The SMILES string of the molecule is O=S1(=O)CCC(NC2CCCNC2)CC1. The van der Waals surface area contributed by atoms with Crippen molar-refractivity contribution < 1.29 is 8.42 Å². The van der Waals surface area contributed by atoms with Crippen molar-refractivity contribution in [2.45, 2.75) is 37.8 Å². The lowest BCUT2D eigenvalue weighted by molar-refractivity contribution is 0.336. The van der Waals surface area contributed by atoms with Crippen molar-refractivity contribution in [2.24, 2.45) is 0 Å². The number of hydrogen-bond acceptors (Lipinski definition) is 4. The summed E-state index contributed by atoms with van der Waals surface area (Å²) in [4.78, 5) is 0. The van der Waals surface area contributed by atoms with Gasteiger partial charge in [-0.3, -0.25) is 0 Å².